The van der Waals surface area contributed by atoms with Gasteiger partial charge >= 0.3 is 0 Å². The van der Waals surface area contributed by atoms with Gasteiger partial charge in [-0.1, -0.05) is 0 Å². The van der Waals surface area contributed by atoms with E-state index in [2.05, 4.69) is 27.9 Å². The minimum absolute atomic E-state index is 0.245. The molecule has 3 aromatic rings. The Labute approximate surface area is 122 Å². The van der Waals surface area contributed by atoms with Crippen molar-refractivity contribution in [1.82, 2.24) is 14.9 Å². The quantitative estimate of drug-likeness (QED) is 0.746. The molecule has 1 saturated heterocycles. The first-order chi connectivity index (χ1) is 10.2. The van der Waals surface area contributed by atoms with Crippen LogP contribution in [0.25, 0.3) is 21.8 Å². The van der Waals surface area contributed by atoms with Crippen LogP contribution in [-0.2, 0) is 0 Å². The largest absolute Gasteiger partial charge is 0.361 e. The number of aromatic amines is 1. The van der Waals surface area contributed by atoms with Crippen LogP contribution in [0.1, 0.15) is 0 Å². The van der Waals surface area contributed by atoms with Gasteiger partial charge in [0.15, 0.2) is 0 Å². The highest BCUT2D eigenvalue weighted by molar-refractivity contribution is 6.08. The number of likely N-dealkylation sites (N-methyl/N-ethyl adjacent to an activating group) is 1. The summed E-state index contributed by atoms with van der Waals surface area (Å²) < 4.78 is 13.5. The van der Waals surface area contributed by atoms with Crippen molar-refractivity contribution in [1.29, 1.82) is 0 Å². The van der Waals surface area contributed by atoms with E-state index in [0.717, 1.165) is 48.3 Å². The third kappa shape index (κ3) is 2.05. The first kappa shape index (κ1) is 12.6. The van der Waals surface area contributed by atoms with E-state index in [1.807, 2.05) is 6.20 Å². The molecule has 108 valence electrons. The zero-order valence-electron chi connectivity index (χ0n) is 11.9. The predicted octanol–water partition coefficient (Wildman–Crippen LogP) is 2.61. The molecule has 0 amide bonds. The second-order valence-electron chi connectivity index (χ2n) is 5.65. The van der Waals surface area contributed by atoms with Gasteiger partial charge in [-0.3, -0.25) is 0 Å². The number of piperazine rings is 1. The molecule has 4 nitrogen and oxygen atoms in total. The molecule has 5 heteroatoms. The molecular formula is C16H17FN4. The number of hydrogen-bond acceptors (Lipinski definition) is 3. The van der Waals surface area contributed by atoms with Crippen molar-refractivity contribution in [2.24, 2.45) is 0 Å². The number of nitrogens with zero attached hydrogens (tertiary/aromatic N) is 3. The monoisotopic (exact) mass is 284 g/mol. The van der Waals surface area contributed by atoms with E-state index in [1.54, 1.807) is 6.07 Å². The molecule has 1 aliphatic rings. The fraction of sp³-hybridized carbons (Fsp3) is 0.312. The SMILES string of the molecule is CN1CCN(c2nc3cc(F)ccc3c3[nH]ccc23)CC1. The summed E-state index contributed by atoms with van der Waals surface area (Å²) in [5, 5.41) is 2.08. The molecule has 21 heavy (non-hydrogen) atoms. The maximum atomic E-state index is 13.5. The predicted molar refractivity (Wildman–Crippen MR) is 83.3 cm³/mol. The summed E-state index contributed by atoms with van der Waals surface area (Å²) in [4.78, 5) is 12.6. The molecule has 0 spiro atoms. The molecule has 0 atom stereocenters. The first-order valence-corrected chi connectivity index (χ1v) is 7.22. The lowest BCUT2D eigenvalue weighted by molar-refractivity contribution is 0.312. The number of aromatic nitrogens is 2. The zero-order valence-corrected chi connectivity index (χ0v) is 11.9. The standard InChI is InChI=1S/C16H17FN4/c1-20-6-8-21(9-7-20)16-13-4-5-18-15(13)12-3-2-11(17)10-14(12)19-16/h2-5,10,18H,6-9H2,1H3. The fourth-order valence-electron chi connectivity index (χ4n) is 3.02. The van der Waals surface area contributed by atoms with Gasteiger partial charge in [-0.15, -0.1) is 0 Å². The Morgan fingerprint density at radius 1 is 1.10 bits per heavy atom. The molecular weight excluding hydrogens is 267 g/mol. The summed E-state index contributed by atoms with van der Waals surface area (Å²) in [5.41, 5.74) is 1.74. The van der Waals surface area contributed by atoms with E-state index >= 15 is 0 Å². The number of pyridine rings is 1. The molecule has 0 saturated carbocycles. The molecule has 0 bridgehead atoms. The highest BCUT2D eigenvalue weighted by Crippen LogP contribution is 2.31. The van der Waals surface area contributed by atoms with Gasteiger partial charge in [-0.2, -0.15) is 0 Å². The number of halogens is 1. The Morgan fingerprint density at radius 2 is 1.90 bits per heavy atom. The third-order valence-electron chi connectivity index (χ3n) is 4.25. The fourth-order valence-corrected chi connectivity index (χ4v) is 3.02. The van der Waals surface area contributed by atoms with Crippen molar-refractivity contribution in [3.05, 3.63) is 36.3 Å². The summed E-state index contributed by atoms with van der Waals surface area (Å²) in [6.45, 7) is 3.94. The van der Waals surface area contributed by atoms with Crippen molar-refractivity contribution < 1.29 is 4.39 Å². The van der Waals surface area contributed by atoms with Crippen LogP contribution in [0.5, 0.6) is 0 Å². The molecule has 4 rings (SSSR count). The topological polar surface area (TPSA) is 35.2 Å². The van der Waals surface area contributed by atoms with E-state index < -0.39 is 0 Å². The van der Waals surface area contributed by atoms with E-state index in [0.29, 0.717) is 5.52 Å². The summed E-state index contributed by atoms with van der Waals surface area (Å²) in [7, 11) is 2.13. The number of fused-ring (bicyclic) bond motifs is 3. The smallest absolute Gasteiger partial charge is 0.138 e. The van der Waals surface area contributed by atoms with Crippen LogP contribution in [-0.4, -0.2) is 48.1 Å². The Bertz CT molecular complexity index is 802. The molecule has 3 heterocycles. The van der Waals surface area contributed by atoms with Crippen LogP contribution in [0.2, 0.25) is 0 Å². The average Bonchev–Trinajstić information content (AvgIpc) is 2.96. The number of nitrogens with one attached hydrogen (secondary N) is 1. The van der Waals surface area contributed by atoms with Gasteiger partial charge in [0.1, 0.15) is 11.6 Å². The van der Waals surface area contributed by atoms with Gasteiger partial charge in [0, 0.05) is 49.2 Å². The van der Waals surface area contributed by atoms with Gasteiger partial charge < -0.3 is 14.8 Å². The van der Waals surface area contributed by atoms with Crippen LogP contribution in [0.15, 0.2) is 30.5 Å². The van der Waals surface area contributed by atoms with Crippen LogP contribution in [0.3, 0.4) is 0 Å². The van der Waals surface area contributed by atoms with E-state index in [4.69, 9.17) is 4.98 Å². The summed E-state index contributed by atoms with van der Waals surface area (Å²) in [5.74, 6) is 0.711. The lowest BCUT2D eigenvalue weighted by atomic mass is 10.1. The lowest BCUT2D eigenvalue weighted by Gasteiger charge is -2.33. The molecule has 1 N–H and O–H groups in total. The van der Waals surface area contributed by atoms with Gasteiger partial charge in [0.05, 0.1) is 11.0 Å². The molecule has 2 aromatic heterocycles. The summed E-state index contributed by atoms with van der Waals surface area (Å²) in [6.07, 6.45) is 1.93. The number of hydrogen-bond donors (Lipinski definition) is 1. The number of benzene rings is 1. The van der Waals surface area contributed by atoms with E-state index in [9.17, 15) is 4.39 Å². The maximum Gasteiger partial charge on any atom is 0.138 e. The van der Waals surface area contributed by atoms with Crippen molar-refractivity contribution >= 4 is 27.6 Å². The Kier molecular flexibility index (Phi) is 2.82. The maximum absolute atomic E-state index is 13.5. The van der Waals surface area contributed by atoms with Crippen LogP contribution < -0.4 is 4.90 Å². The molecule has 0 unspecified atom stereocenters. The minimum atomic E-state index is -0.245. The highest BCUT2D eigenvalue weighted by Gasteiger charge is 2.19. The van der Waals surface area contributed by atoms with Gasteiger partial charge in [-0.05, 0) is 25.2 Å². The second-order valence-corrected chi connectivity index (χ2v) is 5.65. The summed E-state index contributed by atoms with van der Waals surface area (Å²) >= 11 is 0. The highest BCUT2D eigenvalue weighted by atomic mass is 19.1. The Balaban J connectivity index is 1.92. The van der Waals surface area contributed by atoms with Gasteiger partial charge in [0.25, 0.3) is 0 Å². The van der Waals surface area contributed by atoms with Gasteiger partial charge in [-0.25, -0.2) is 9.37 Å². The molecule has 1 aliphatic heterocycles. The third-order valence-corrected chi connectivity index (χ3v) is 4.25. The second kappa shape index (κ2) is 4.70. The molecule has 0 aliphatic carbocycles. The average molecular weight is 284 g/mol. The number of rotatable bonds is 1. The van der Waals surface area contributed by atoms with Crippen LogP contribution in [0.4, 0.5) is 10.2 Å². The van der Waals surface area contributed by atoms with Crippen molar-refractivity contribution in [2.45, 2.75) is 0 Å². The lowest BCUT2D eigenvalue weighted by Crippen LogP contribution is -2.44. The molecule has 1 aromatic carbocycles. The first-order valence-electron chi connectivity index (χ1n) is 7.22. The minimum Gasteiger partial charge on any atom is -0.361 e. The number of H-pyrrole nitrogens is 1. The van der Waals surface area contributed by atoms with Gasteiger partial charge in [0.2, 0.25) is 0 Å². The molecule has 1 fully saturated rings. The van der Waals surface area contributed by atoms with Crippen LogP contribution >= 0.6 is 0 Å². The van der Waals surface area contributed by atoms with Crippen LogP contribution in [0, 0.1) is 5.82 Å². The Hall–Kier alpha value is -2.14. The van der Waals surface area contributed by atoms with E-state index in [-0.39, 0.29) is 5.82 Å². The van der Waals surface area contributed by atoms with Crippen molar-refractivity contribution in [2.75, 3.05) is 38.1 Å². The van der Waals surface area contributed by atoms with E-state index in [1.165, 1.54) is 12.1 Å². The zero-order chi connectivity index (χ0) is 14.4. The molecule has 0 radical (unpaired) electrons. The Morgan fingerprint density at radius 3 is 2.71 bits per heavy atom. The van der Waals surface area contributed by atoms with Crippen molar-refractivity contribution in [3.63, 3.8) is 0 Å². The normalized spacial score (nSPS) is 17.0. The number of anilines is 1. The van der Waals surface area contributed by atoms with Crippen molar-refractivity contribution in [3.8, 4) is 0 Å². The summed E-state index contributed by atoms with van der Waals surface area (Å²) in [6, 6.07) is 6.85.